The lowest BCUT2D eigenvalue weighted by Crippen LogP contribution is -2.35. The molecule has 1 aromatic carbocycles. The zero-order valence-corrected chi connectivity index (χ0v) is 15.0. The smallest absolute Gasteiger partial charge is 0.266 e. The number of unbranched alkanes of at least 4 members (excludes halogenated alkanes) is 3. The molecule has 0 atom stereocenters. The van der Waals surface area contributed by atoms with E-state index in [2.05, 4.69) is 17.1 Å². The Morgan fingerprint density at radius 3 is 2.67 bits per heavy atom. The van der Waals surface area contributed by atoms with Crippen LogP contribution in [0, 0.1) is 0 Å². The first kappa shape index (κ1) is 18.4. The largest absolute Gasteiger partial charge is 0.273 e. The van der Waals surface area contributed by atoms with Crippen LogP contribution in [0.1, 0.15) is 56.3 Å². The van der Waals surface area contributed by atoms with Crippen LogP contribution in [0.5, 0.6) is 0 Å². The van der Waals surface area contributed by atoms with Gasteiger partial charge in [0.25, 0.3) is 5.91 Å². The zero-order chi connectivity index (χ0) is 17.4. The molecule has 1 saturated heterocycles. The van der Waals surface area contributed by atoms with Crippen LogP contribution < -0.4 is 0 Å². The molecule has 0 unspecified atom stereocenters. The average Bonchev–Trinajstić information content (AvgIpc) is 2.97. The molecule has 128 valence electrons. The average molecular weight is 345 g/mol. The van der Waals surface area contributed by atoms with Gasteiger partial charge in [-0.2, -0.15) is 5.10 Å². The van der Waals surface area contributed by atoms with Gasteiger partial charge < -0.3 is 0 Å². The van der Waals surface area contributed by atoms with E-state index in [0.717, 1.165) is 23.5 Å². The highest BCUT2D eigenvalue weighted by Crippen LogP contribution is 2.22. The minimum absolute atomic E-state index is 0.225. The molecule has 1 aliphatic heterocycles. The summed E-state index contributed by atoms with van der Waals surface area (Å²) in [5.41, 5.74) is 1.40. The number of amides is 2. The summed E-state index contributed by atoms with van der Waals surface area (Å²) in [6, 6.07) is 8.77. The van der Waals surface area contributed by atoms with E-state index in [1.54, 1.807) is 24.3 Å². The van der Waals surface area contributed by atoms with Crippen molar-refractivity contribution in [3.63, 3.8) is 0 Å². The number of benzene rings is 1. The SMILES string of the molecule is CCCCCC/C(C)=N\N=C1\SCC(=O)N1C(=O)c1ccccc1. The first-order chi connectivity index (χ1) is 11.6. The van der Waals surface area contributed by atoms with Gasteiger partial charge in [-0.3, -0.25) is 9.59 Å². The van der Waals surface area contributed by atoms with Crippen molar-refractivity contribution in [2.24, 2.45) is 10.2 Å². The standard InChI is InChI=1S/C18H23N3O2S/c1-3-4-5-7-10-14(2)19-20-18-21(16(22)13-24-18)17(23)15-11-8-6-9-12-15/h6,8-9,11-12H,3-5,7,10,13H2,1-2H3/b19-14-,20-18+. The molecule has 24 heavy (non-hydrogen) atoms. The van der Waals surface area contributed by atoms with Crippen LogP contribution in [-0.4, -0.2) is 33.3 Å². The van der Waals surface area contributed by atoms with E-state index in [4.69, 9.17) is 0 Å². The number of hydrogen-bond acceptors (Lipinski definition) is 5. The molecule has 2 rings (SSSR count). The van der Waals surface area contributed by atoms with Crippen molar-refractivity contribution < 1.29 is 9.59 Å². The fourth-order valence-corrected chi connectivity index (χ4v) is 3.13. The summed E-state index contributed by atoms with van der Waals surface area (Å²) >= 11 is 1.25. The monoisotopic (exact) mass is 345 g/mol. The molecule has 2 amide bonds. The van der Waals surface area contributed by atoms with Gasteiger partial charge in [0.1, 0.15) is 0 Å². The molecule has 1 heterocycles. The van der Waals surface area contributed by atoms with Crippen molar-refractivity contribution in [1.82, 2.24) is 4.90 Å². The number of amidine groups is 1. The first-order valence-corrected chi connectivity index (χ1v) is 9.28. The topological polar surface area (TPSA) is 62.1 Å². The highest BCUT2D eigenvalue weighted by Gasteiger charge is 2.34. The van der Waals surface area contributed by atoms with Gasteiger partial charge in [0.2, 0.25) is 5.91 Å². The third-order valence-electron chi connectivity index (χ3n) is 3.69. The highest BCUT2D eigenvalue weighted by atomic mass is 32.2. The van der Waals surface area contributed by atoms with E-state index in [0.29, 0.717) is 10.7 Å². The van der Waals surface area contributed by atoms with Gasteiger partial charge in [-0.1, -0.05) is 56.1 Å². The van der Waals surface area contributed by atoms with E-state index < -0.39 is 0 Å². The van der Waals surface area contributed by atoms with E-state index in [1.165, 1.54) is 31.0 Å². The van der Waals surface area contributed by atoms with Gasteiger partial charge in [0.05, 0.1) is 5.75 Å². The van der Waals surface area contributed by atoms with Gasteiger partial charge in [-0.25, -0.2) is 4.90 Å². The van der Waals surface area contributed by atoms with Gasteiger partial charge in [-0.15, -0.1) is 5.10 Å². The molecule has 0 bridgehead atoms. The molecule has 6 heteroatoms. The van der Waals surface area contributed by atoms with E-state index >= 15 is 0 Å². The summed E-state index contributed by atoms with van der Waals surface area (Å²) in [5, 5.41) is 8.72. The third kappa shape index (κ3) is 5.03. The molecular weight excluding hydrogens is 322 g/mol. The summed E-state index contributed by atoms with van der Waals surface area (Å²) in [6.07, 6.45) is 5.60. The molecule has 0 aliphatic carbocycles. The lowest BCUT2D eigenvalue weighted by Gasteiger charge is -2.13. The van der Waals surface area contributed by atoms with Crippen LogP contribution in [0.2, 0.25) is 0 Å². The molecule has 0 radical (unpaired) electrons. The van der Waals surface area contributed by atoms with Crippen molar-refractivity contribution >= 4 is 34.5 Å². The Morgan fingerprint density at radius 2 is 1.96 bits per heavy atom. The van der Waals surface area contributed by atoms with Crippen LogP contribution in [0.3, 0.4) is 0 Å². The lowest BCUT2D eigenvalue weighted by molar-refractivity contribution is -0.122. The maximum Gasteiger partial charge on any atom is 0.266 e. The molecular formula is C18H23N3O2S. The van der Waals surface area contributed by atoms with Crippen molar-refractivity contribution in [1.29, 1.82) is 0 Å². The Kier molecular flexibility index (Phi) is 7.18. The van der Waals surface area contributed by atoms with E-state index in [1.807, 2.05) is 13.0 Å². The number of hydrogen-bond donors (Lipinski definition) is 0. The summed E-state index contributed by atoms with van der Waals surface area (Å²) in [5.74, 6) is -0.369. The van der Waals surface area contributed by atoms with Crippen LogP contribution in [0.4, 0.5) is 0 Å². The molecule has 0 N–H and O–H groups in total. The first-order valence-electron chi connectivity index (χ1n) is 8.29. The number of nitrogens with zero attached hydrogens (tertiary/aromatic N) is 3. The fraction of sp³-hybridized carbons (Fsp3) is 0.444. The van der Waals surface area contributed by atoms with Crippen molar-refractivity contribution in [3.05, 3.63) is 35.9 Å². The van der Waals surface area contributed by atoms with Crippen LogP contribution in [0.25, 0.3) is 0 Å². The Hall–Kier alpha value is -1.95. The van der Waals surface area contributed by atoms with E-state index in [9.17, 15) is 9.59 Å². The molecule has 1 fully saturated rings. The Labute approximate surface area is 147 Å². The van der Waals surface area contributed by atoms with Gasteiger partial charge in [-0.05, 0) is 31.9 Å². The molecule has 0 saturated carbocycles. The number of thioether (sulfide) groups is 1. The fourth-order valence-electron chi connectivity index (χ4n) is 2.33. The summed E-state index contributed by atoms with van der Waals surface area (Å²) in [6.45, 7) is 4.11. The minimum Gasteiger partial charge on any atom is -0.273 e. The Balaban J connectivity index is 2.05. The van der Waals surface area contributed by atoms with Crippen molar-refractivity contribution in [3.8, 4) is 0 Å². The van der Waals surface area contributed by atoms with Gasteiger partial charge in [0.15, 0.2) is 5.17 Å². The predicted molar refractivity (Wildman–Crippen MR) is 99.4 cm³/mol. The molecule has 0 aromatic heterocycles. The number of imide groups is 1. The maximum atomic E-state index is 12.5. The maximum absolute atomic E-state index is 12.5. The summed E-state index contributed by atoms with van der Waals surface area (Å²) in [4.78, 5) is 25.7. The molecule has 1 aromatic rings. The predicted octanol–water partition coefficient (Wildman–Crippen LogP) is 4.10. The van der Waals surface area contributed by atoms with Crippen molar-refractivity contribution in [2.75, 3.05) is 5.75 Å². The van der Waals surface area contributed by atoms with Crippen LogP contribution in [-0.2, 0) is 4.79 Å². The zero-order valence-electron chi connectivity index (χ0n) is 14.2. The summed E-state index contributed by atoms with van der Waals surface area (Å²) in [7, 11) is 0. The Morgan fingerprint density at radius 1 is 1.21 bits per heavy atom. The molecule has 0 spiro atoms. The second kappa shape index (κ2) is 9.37. The van der Waals surface area contributed by atoms with Crippen LogP contribution >= 0.6 is 11.8 Å². The lowest BCUT2D eigenvalue weighted by atomic mass is 10.1. The van der Waals surface area contributed by atoms with Gasteiger partial charge in [0, 0.05) is 11.3 Å². The quantitative estimate of drug-likeness (QED) is 0.323. The highest BCUT2D eigenvalue weighted by molar-refractivity contribution is 8.15. The van der Waals surface area contributed by atoms with Crippen LogP contribution in [0.15, 0.2) is 40.5 Å². The second-order valence-corrected chi connectivity index (χ2v) is 6.66. The second-order valence-electron chi connectivity index (χ2n) is 5.72. The molecule has 1 aliphatic rings. The number of carbonyl (C=O) groups excluding carboxylic acids is 2. The summed E-state index contributed by atoms with van der Waals surface area (Å²) < 4.78 is 0. The number of rotatable bonds is 7. The van der Waals surface area contributed by atoms with E-state index in [-0.39, 0.29) is 17.6 Å². The normalized spacial score (nSPS) is 16.9. The van der Waals surface area contributed by atoms with Crippen molar-refractivity contribution in [2.45, 2.75) is 46.0 Å². The third-order valence-corrected chi connectivity index (χ3v) is 4.60. The Bertz CT molecular complexity index is 641. The molecule has 5 nitrogen and oxygen atoms in total. The number of carbonyl (C=O) groups is 2. The van der Waals surface area contributed by atoms with Gasteiger partial charge >= 0.3 is 0 Å². The minimum atomic E-state index is -0.347.